The number of hydrogen-bond donors (Lipinski definition) is 1. The van der Waals surface area contributed by atoms with E-state index >= 15 is 0 Å². The Morgan fingerprint density at radius 2 is 1.94 bits per heavy atom. The third-order valence-corrected chi connectivity index (χ3v) is 6.32. The van der Waals surface area contributed by atoms with Gasteiger partial charge in [0.05, 0.1) is 6.04 Å². The van der Waals surface area contributed by atoms with Gasteiger partial charge in [-0.2, -0.15) is 0 Å². The zero-order chi connectivity index (χ0) is 25.7. The highest BCUT2D eigenvalue weighted by Crippen LogP contribution is 2.38. The van der Waals surface area contributed by atoms with Crippen LogP contribution in [0.1, 0.15) is 64.9 Å². The van der Waals surface area contributed by atoms with Gasteiger partial charge in [-0.15, -0.1) is 6.58 Å². The first-order valence-electron chi connectivity index (χ1n) is 12.4. The molecule has 1 atom stereocenters. The number of fused-ring (bicyclic) bond motifs is 1. The van der Waals surface area contributed by atoms with Gasteiger partial charge in [0.15, 0.2) is 5.76 Å². The van der Waals surface area contributed by atoms with Crippen molar-refractivity contribution >= 4 is 11.8 Å². The molecule has 1 aliphatic rings. The van der Waals surface area contributed by atoms with Crippen molar-refractivity contribution in [2.75, 3.05) is 13.1 Å². The molecule has 0 radical (unpaired) electrons. The van der Waals surface area contributed by atoms with Gasteiger partial charge in [-0.05, 0) is 60.2 Å². The van der Waals surface area contributed by atoms with Crippen LogP contribution in [-0.4, -0.2) is 29.8 Å². The maximum atomic E-state index is 13.2. The van der Waals surface area contributed by atoms with Gasteiger partial charge in [-0.1, -0.05) is 55.8 Å². The fraction of sp³-hybridized carbons (Fsp3) is 0.333. The van der Waals surface area contributed by atoms with E-state index in [9.17, 15) is 9.59 Å². The first-order valence-corrected chi connectivity index (χ1v) is 12.4. The minimum atomic E-state index is -0.290. The minimum Gasteiger partial charge on any atom is -0.486 e. The van der Waals surface area contributed by atoms with Crippen molar-refractivity contribution in [3.05, 3.63) is 101 Å². The second-order valence-electron chi connectivity index (χ2n) is 9.66. The number of nitrogens with one attached hydrogen (secondary N) is 1. The van der Waals surface area contributed by atoms with E-state index in [1.807, 2.05) is 17.0 Å². The van der Waals surface area contributed by atoms with Gasteiger partial charge in [-0.3, -0.25) is 9.59 Å². The van der Waals surface area contributed by atoms with Crippen molar-refractivity contribution in [2.24, 2.45) is 5.92 Å². The van der Waals surface area contributed by atoms with Crippen LogP contribution in [0.2, 0.25) is 0 Å². The number of amides is 2. The molecular formula is C30H34N2O4. The Morgan fingerprint density at radius 1 is 1.17 bits per heavy atom. The monoisotopic (exact) mass is 486 g/mol. The summed E-state index contributed by atoms with van der Waals surface area (Å²) in [7, 11) is 0. The summed E-state index contributed by atoms with van der Waals surface area (Å²) in [6.07, 6.45) is 2.95. The van der Waals surface area contributed by atoms with Crippen LogP contribution in [0.15, 0.2) is 71.7 Å². The highest BCUT2D eigenvalue weighted by molar-refractivity contribution is 5.91. The molecule has 0 saturated carbocycles. The number of rotatable bonds is 9. The van der Waals surface area contributed by atoms with Crippen LogP contribution in [-0.2, 0) is 17.8 Å². The molecule has 0 bridgehead atoms. The van der Waals surface area contributed by atoms with E-state index < -0.39 is 0 Å². The van der Waals surface area contributed by atoms with Crippen molar-refractivity contribution in [2.45, 2.75) is 46.3 Å². The standard InChI is InChI=1S/C30H34N2O4/c1-5-15-31-30(34)27-13-12-25(36-27)19-35-24-11-10-22-14-16-32(28(33)17-20(2)3)29(26(22)18-24)23-8-6-21(4)7-9-23/h5-13,18,20,29H,1,14-17,19H2,2-4H3,(H,31,34). The summed E-state index contributed by atoms with van der Waals surface area (Å²) in [5, 5.41) is 2.69. The van der Waals surface area contributed by atoms with E-state index in [0.29, 0.717) is 36.9 Å². The van der Waals surface area contributed by atoms with Crippen molar-refractivity contribution in [3.8, 4) is 5.75 Å². The molecule has 2 aromatic carbocycles. The Morgan fingerprint density at radius 3 is 2.67 bits per heavy atom. The molecule has 0 spiro atoms. The molecule has 1 aliphatic heterocycles. The molecule has 0 saturated heterocycles. The first kappa shape index (κ1) is 25.3. The van der Waals surface area contributed by atoms with Gasteiger partial charge in [0.2, 0.25) is 5.91 Å². The van der Waals surface area contributed by atoms with Crippen molar-refractivity contribution in [1.29, 1.82) is 0 Å². The van der Waals surface area contributed by atoms with E-state index in [1.165, 1.54) is 11.1 Å². The Kier molecular flexibility index (Phi) is 7.93. The molecule has 6 nitrogen and oxygen atoms in total. The fourth-order valence-electron chi connectivity index (χ4n) is 4.51. The third kappa shape index (κ3) is 5.88. The molecular weight excluding hydrogens is 452 g/mol. The normalized spacial score (nSPS) is 14.9. The quantitative estimate of drug-likeness (QED) is 0.400. The fourth-order valence-corrected chi connectivity index (χ4v) is 4.51. The molecule has 1 N–H and O–H groups in total. The van der Waals surface area contributed by atoms with Crippen LogP contribution >= 0.6 is 0 Å². The lowest BCUT2D eigenvalue weighted by Crippen LogP contribution is -2.41. The molecule has 2 heterocycles. The number of hydrogen-bond acceptors (Lipinski definition) is 4. The van der Waals surface area contributed by atoms with E-state index in [0.717, 1.165) is 17.5 Å². The van der Waals surface area contributed by atoms with Gasteiger partial charge in [-0.25, -0.2) is 0 Å². The summed E-state index contributed by atoms with van der Waals surface area (Å²) < 4.78 is 11.7. The van der Waals surface area contributed by atoms with Gasteiger partial charge in [0, 0.05) is 19.5 Å². The second kappa shape index (κ2) is 11.3. The Bertz CT molecular complexity index is 1230. The number of aryl methyl sites for hydroxylation is 1. The Hall–Kier alpha value is -3.80. The molecule has 188 valence electrons. The van der Waals surface area contributed by atoms with Crippen LogP contribution in [0.4, 0.5) is 0 Å². The number of furan rings is 1. The molecule has 1 aromatic heterocycles. The molecule has 4 rings (SSSR count). The molecule has 1 unspecified atom stereocenters. The lowest BCUT2D eigenvalue weighted by molar-refractivity contribution is -0.134. The summed E-state index contributed by atoms with van der Waals surface area (Å²) in [4.78, 5) is 27.3. The average molecular weight is 487 g/mol. The van der Waals surface area contributed by atoms with Crippen molar-refractivity contribution in [3.63, 3.8) is 0 Å². The maximum absolute atomic E-state index is 13.2. The molecule has 3 aromatic rings. The summed E-state index contributed by atoms with van der Waals surface area (Å²) >= 11 is 0. The van der Waals surface area contributed by atoms with E-state index in [-0.39, 0.29) is 30.2 Å². The second-order valence-corrected chi connectivity index (χ2v) is 9.66. The Labute approximate surface area is 212 Å². The van der Waals surface area contributed by atoms with Gasteiger partial charge >= 0.3 is 0 Å². The molecule has 0 aliphatic carbocycles. The summed E-state index contributed by atoms with van der Waals surface area (Å²) in [6.45, 7) is 11.1. The van der Waals surface area contributed by atoms with Gasteiger partial charge in [0.25, 0.3) is 5.91 Å². The van der Waals surface area contributed by atoms with Gasteiger partial charge in [0.1, 0.15) is 18.1 Å². The topological polar surface area (TPSA) is 71.8 Å². The highest BCUT2D eigenvalue weighted by atomic mass is 16.5. The smallest absolute Gasteiger partial charge is 0.287 e. The number of carbonyl (C=O) groups is 2. The summed E-state index contributed by atoms with van der Waals surface area (Å²) in [5.74, 6) is 1.66. The number of benzene rings is 2. The first-order chi connectivity index (χ1) is 17.4. The molecule has 2 amide bonds. The van der Waals surface area contributed by atoms with E-state index in [2.05, 4.69) is 63.0 Å². The van der Waals surface area contributed by atoms with Crippen molar-refractivity contribution in [1.82, 2.24) is 10.2 Å². The largest absolute Gasteiger partial charge is 0.486 e. The van der Waals surface area contributed by atoms with Crippen LogP contribution in [0.5, 0.6) is 5.75 Å². The summed E-state index contributed by atoms with van der Waals surface area (Å²) in [5.41, 5.74) is 4.59. The van der Waals surface area contributed by atoms with E-state index in [1.54, 1.807) is 18.2 Å². The van der Waals surface area contributed by atoms with Crippen LogP contribution in [0.3, 0.4) is 0 Å². The predicted molar refractivity (Wildman–Crippen MR) is 140 cm³/mol. The minimum absolute atomic E-state index is 0.159. The maximum Gasteiger partial charge on any atom is 0.287 e. The Balaban J connectivity index is 1.57. The lowest BCUT2D eigenvalue weighted by atomic mass is 9.87. The molecule has 0 fully saturated rings. The van der Waals surface area contributed by atoms with Crippen molar-refractivity contribution < 1.29 is 18.7 Å². The highest BCUT2D eigenvalue weighted by Gasteiger charge is 2.32. The van der Waals surface area contributed by atoms with Crippen LogP contribution in [0.25, 0.3) is 0 Å². The number of nitrogens with zero attached hydrogens (tertiary/aromatic N) is 1. The average Bonchev–Trinajstić information content (AvgIpc) is 3.34. The lowest BCUT2D eigenvalue weighted by Gasteiger charge is -2.38. The SMILES string of the molecule is C=CCNC(=O)c1ccc(COc2ccc3c(c2)C(c2ccc(C)cc2)N(C(=O)CC(C)C)CC3)o1. The summed E-state index contributed by atoms with van der Waals surface area (Å²) in [6, 6.07) is 17.7. The van der Waals surface area contributed by atoms with Crippen LogP contribution < -0.4 is 10.1 Å². The number of carbonyl (C=O) groups excluding carboxylic acids is 2. The molecule has 6 heteroatoms. The zero-order valence-electron chi connectivity index (χ0n) is 21.3. The third-order valence-electron chi connectivity index (χ3n) is 6.32. The predicted octanol–water partition coefficient (Wildman–Crippen LogP) is 5.60. The van der Waals surface area contributed by atoms with Crippen LogP contribution in [0, 0.1) is 12.8 Å². The van der Waals surface area contributed by atoms with E-state index in [4.69, 9.17) is 9.15 Å². The zero-order valence-corrected chi connectivity index (χ0v) is 21.3. The van der Waals surface area contributed by atoms with Gasteiger partial charge < -0.3 is 19.4 Å². The molecule has 36 heavy (non-hydrogen) atoms. The number of ether oxygens (including phenoxy) is 1.